The van der Waals surface area contributed by atoms with Crippen molar-refractivity contribution in [2.45, 2.75) is 38.8 Å². The molecule has 2 rings (SSSR count). The van der Waals surface area contributed by atoms with E-state index in [2.05, 4.69) is 28.7 Å². The number of halogens is 1. The van der Waals surface area contributed by atoms with Gasteiger partial charge in [0.05, 0.1) is 12.5 Å². The van der Waals surface area contributed by atoms with Crippen LogP contribution in [0.4, 0.5) is 0 Å². The second kappa shape index (κ2) is 5.95. The Morgan fingerprint density at radius 1 is 1.56 bits per heavy atom. The van der Waals surface area contributed by atoms with Crippen molar-refractivity contribution in [3.05, 3.63) is 23.3 Å². The SMILES string of the molecule is Cc1nc(C2CN(C(C)C)CCO2)ncc1CCl. The third kappa shape index (κ3) is 2.99. The zero-order valence-electron chi connectivity index (χ0n) is 11.2. The highest BCUT2D eigenvalue weighted by molar-refractivity contribution is 6.17. The fraction of sp³-hybridized carbons (Fsp3) is 0.692. The summed E-state index contributed by atoms with van der Waals surface area (Å²) >= 11 is 5.82. The van der Waals surface area contributed by atoms with Gasteiger partial charge in [-0.25, -0.2) is 9.97 Å². The third-order valence-corrected chi connectivity index (χ3v) is 3.65. The van der Waals surface area contributed by atoms with Crippen LogP contribution >= 0.6 is 11.6 Å². The van der Waals surface area contributed by atoms with Gasteiger partial charge in [-0.2, -0.15) is 0 Å². The van der Waals surface area contributed by atoms with Gasteiger partial charge in [0.1, 0.15) is 6.10 Å². The van der Waals surface area contributed by atoms with Crippen molar-refractivity contribution in [3.8, 4) is 0 Å². The molecule has 18 heavy (non-hydrogen) atoms. The Hall–Kier alpha value is -0.710. The summed E-state index contributed by atoms with van der Waals surface area (Å²) < 4.78 is 5.77. The van der Waals surface area contributed by atoms with Gasteiger partial charge in [-0.3, -0.25) is 4.90 Å². The van der Waals surface area contributed by atoms with Crippen LogP contribution < -0.4 is 0 Å². The topological polar surface area (TPSA) is 38.2 Å². The Kier molecular flexibility index (Phi) is 4.54. The lowest BCUT2D eigenvalue weighted by molar-refractivity contribution is -0.0443. The summed E-state index contributed by atoms with van der Waals surface area (Å²) in [4.78, 5) is 11.3. The molecule has 0 aromatic carbocycles. The molecule has 1 aliphatic rings. The Bertz CT molecular complexity index is 411. The van der Waals surface area contributed by atoms with E-state index in [9.17, 15) is 0 Å². The van der Waals surface area contributed by atoms with Crippen molar-refractivity contribution in [3.63, 3.8) is 0 Å². The van der Waals surface area contributed by atoms with E-state index in [4.69, 9.17) is 16.3 Å². The van der Waals surface area contributed by atoms with Crippen molar-refractivity contribution in [2.24, 2.45) is 0 Å². The highest BCUT2D eigenvalue weighted by atomic mass is 35.5. The number of alkyl halides is 1. The number of hydrogen-bond donors (Lipinski definition) is 0. The standard InChI is InChI=1S/C13H20ClN3O/c1-9(2)17-4-5-18-12(8-17)13-15-7-11(6-14)10(3)16-13/h7,9,12H,4-6,8H2,1-3H3. The highest BCUT2D eigenvalue weighted by Crippen LogP contribution is 2.21. The zero-order valence-corrected chi connectivity index (χ0v) is 11.9. The number of rotatable bonds is 3. The summed E-state index contributed by atoms with van der Waals surface area (Å²) in [6.45, 7) is 8.94. The lowest BCUT2D eigenvalue weighted by Gasteiger charge is -2.34. The number of aryl methyl sites for hydroxylation is 1. The van der Waals surface area contributed by atoms with E-state index in [0.29, 0.717) is 11.9 Å². The van der Waals surface area contributed by atoms with Crippen LogP contribution in [0.2, 0.25) is 0 Å². The van der Waals surface area contributed by atoms with Crippen LogP contribution in [0.15, 0.2) is 6.20 Å². The molecule has 1 saturated heterocycles. The first-order valence-electron chi connectivity index (χ1n) is 6.36. The molecule has 4 nitrogen and oxygen atoms in total. The smallest absolute Gasteiger partial charge is 0.158 e. The molecule has 0 aliphatic carbocycles. The van der Waals surface area contributed by atoms with Crippen molar-refractivity contribution >= 4 is 11.6 Å². The average Bonchev–Trinajstić information content (AvgIpc) is 2.38. The Balaban J connectivity index is 2.13. The number of hydrogen-bond acceptors (Lipinski definition) is 4. The third-order valence-electron chi connectivity index (χ3n) is 3.36. The largest absolute Gasteiger partial charge is 0.368 e. The molecule has 1 aromatic heterocycles. The van der Waals surface area contributed by atoms with Gasteiger partial charge in [-0.15, -0.1) is 11.6 Å². The molecule has 0 bridgehead atoms. The summed E-state index contributed by atoms with van der Waals surface area (Å²) in [5, 5.41) is 0. The number of morpholine rings is 1. The summed E-state index contributed by atoms with van der Waals surface area (Å²) in [5.74, 6) is 1.22. The van der Waals surface area contributed by atoms with Crippen molar-refractivity contribution in [1.82, 2.24) is 14.9 Å². The van der Waals surface area contributed by atoms with Gasteiger partial charge >= 0.3 is 0 Å². The van der Waals surface area contributed by atoms with Crippen LogP contribution in [0.5, 0.6) is 0 Å². The van der Waals surface area contributed by atoms with E-state index >= 15 is 0 Å². The van der Waals surface area contributed by atoms with E-state index in [-0.39, 0.29) is 6.10 Å². The normalized spacial score (nSPS) is 21.5. The van der Waals surface area contributed by atoms with Gasteiger partial charge in [-0.05, 0) is 20.8 Å². The molecule has 0 saturated carbocycles. The van der Waals surface area contributed by atoms with Gasteiger partial charge in [-0.1, -0.05) is 0 Å². The van der Waals surface area contributed by atoms with Crippen LogP contribution in [-0.4, -0.2) is 40.6 Å². The fourth-order valence-electron chi connectivity index (χ4n) is 2.09. The maximum Gasteiger partial charge on any atom is 0.158 e. The van der Waals surface area contributed by atoms with Crippen LogP contribution in [0.3, 0.4) is 0 Å². The van der Waals surface area contributed by atoms with Crippen molar-refractivity contribution in [1.29, 1.82) is 0 Å². The quantitative estimate of drug-likeness (QED) is 0.790. The molecule has 1 atom stereocenters. The number of aromatic nitrogens is 2. The molecule has 1 aromatic rings. The lowest BCUT2D eigenvalue weighted by Crippen LogP contribution is -2.42. The Morgan fingerprint density at radius 2 is 2.33 bits per heavy atom. The summed E-state index contributed by atoms with van der Waals surface area (Å²) in [6.07, 6.45) is 1.78. The van der Waals surface area contributed by atoms with Crippen LogP contribution in [0.1, 0.15) is 37.0 Å². The molecule has 0 radical (unpaired) electrons. The minimum atomic E-state index is -0.0239. The van der Waals surface area contributed by atoms with Gasteiger partial charge in [0.15, 0.2) is 5.82 Å². The molecule has 2 heterocycles. The molecule has 0 amide bonds. The van der Waals surface area contributed by atoms with E-state index in [1.807, 2.05) is 13.1 Å². The van der Waals surface area contributed by atoms with E-state index < -0.39 is 0 Å². The predicted molar refractivity (Wildman–Crippen MR) is 71.7 cm³/mol. The van der Waals surface area contributed by atoms with Crippen LogP contribution in [0.25, 0.3) is 0 Å². The Labute approximate surface area is 113 Å². The maximum absolute atomic E-state index is 5.82. The molecule has 0 N–H and O–H groups in total. The molecular weight excluding hydrogens is 250 g/mol. The summed E-state index contributed by atoms with van der Waals surface area (Å²) in [6, 6.07) is 0.527. The fourth-order valence-corrected chi connectivity index (χ4v) is 2.35. The van der Waals surface area contributed by atoms with Gasteiger partial charge in [0, 0.05) is 36.6 Å². The molecule has 100 valence electrons. The monoisotopic (exact) mass is 269 g/mol. The first kappa shape index (κ1) is 13.7. The maximum atomic E-state index is 5.82. The number of nitrogens with zero attached hydrogens (tertiary/aromatic N) is 3. The minimum Gasteiger partial charge on any atom is -0.368 e. The Morgan fingerprint density at radius 3 is 2.94 bits per heavy atom. The van der Waals surface area contributed by atoms with Crippen LogP contribution in [0, 0.1) is 6.92 Å². The van der Waals surface area contributed by atoms with Gasteiger partial charge in [0.25, 0.3) is 0 Å². The zero-order chi connectivity index (χ0) is 13.1. The van der Waals surface area contributed by atoms with E-state index in [1.54, 1.807) is 0 Å². The molecular formula is C13H20ClN3O. The molecule has 0 spiro atoms. The van der Waals surface area contributed by atoms with Crippen molar-refractivity contribution < 1.29 is 4.74 Å². The molecule has 5 heteroatoms. The van der Waals surface area contributed by atoms with Gasteiger partial charge in [0.2, 0.25) is 0 Å². The summed E-state index contributed by atoms with van der Waals surface area (Å²) in [5.41, 5.74) is 1.93. The van der Waals surface area contributed by atoms with E-state index in [1.165, 1.54) is 0 Å². The molecule has 1 fully saturated rings. The minimum absolute atomic E-state index is 0.0239. The number of ether oxygens (including phenoxy) is 1. The van der Waals surface area contributed by atoms with Crippen molar-refractivity contribution in [2.75, 3.05) is 19.7 Å². The predicted octanol–water partition coefficient (Wildman–Crippen LogP) is 2.31. The second-order valence-corrected chi connectivity index (χ2v) is 5.19. The molecule has 1 unspecified atom stereocenters. The first-order chi connectivity index (χ1) is 8.61. The summed E-state index contributed by atoms with van der Waals surface area (Å²) in [7, 11) is 0. The first-order valence-corrected chi connectivity index (χ1v) is 6.89. The van der Waals surface area contributed by atoms with Crippen LogP contribution in [-0.2, 0) is 10.6 Å². The lowest BCUT2D eigenvalue weighted by atomic mass is 10.2. The average molecular weight is 270 g/mol. The molecule has 1 aliphatic heterocycles. The second-order valence-electron chi connectivity index (χ2n) is 4.92. The van der Waals surface area contributed by atoms with E-state index in [0.717, 1.165) is 36.8 Å². The highest BCUT2D eigenvalue weighted by Gasteiger charge is 2.25. The van der Waals surface area contributed by atoms with Gasteiger partial charge < -0.3 is 4.74 Å².